The second-order valence-electron chi connectivity index (χ2n) is 10.5. The number of unbranched alkanes of at least 4 members (excludes halogenated alkanes) is 1. The molecule has 39 heavy (non-hydrogen) atoms. The zero-order valence-corrected chi connectivity index (χ0v) is 22.4. The van der Waals surface area contributed by atoms with Crippen LogP contribution in [0.4, 0.5) is 3.89 Å². The minimum atomic E-state index is -4.87. The van der Waals surface area contributed by atoms with Gasteiger partial charge >= 0.3 is 10.2 Å². The summed E-state index contributed by atoms with van der Waals surface area (Å²) in [4.78, 5) is 17.2. The molecule has 3 aromatic carbocycles. The first-order chi connectivity index (χ1) is 18.8. The van der Waals surface area contributed by atoms with E-state index < -0.39 is 10.2 Å². The quantitative estimate of drug-likeness (QED) is 0.228. The van der Waals surface area contributed by atoms with Gasteiger partial charge in [0.05, 0.1) is 27.4 Å². The summed E-state index contributed by atoms with van der Waals surface area (Å²) in [5.41, 5.74) is 5.03. The maximum atomic E-state index is 14.1. The zero-order chi connectivity index (χ0) is 27.3. The van der Waals surface area contributed by atoms with Gasteiger partial charge in [0.2, 0.25) is 0 Å². The van der Waals surface area contributed by atoms with Crippen LogP contribution in [0.15, 0.2) is 64.3 Å². The fourth-order valence-electron chi connectivity index (χ4n) is 6.13. The topological polar surface area (TPSA) is 95.7 Å². The molecule has 0 amide bonds. The summed E-state index contributed by atoms with van der Waals surface area (Å²) in [6, 6.07) is 17.6. The van der Waals surface area contributed by atoms with Crippen molar-refractivity contribution in [3.8, 4) is 17.2 Å². The lowest BCUT2D eigenvalue weighted by molar-refractivity contribution is 0.545. The van der Waals surface area contributed by atoms with Crippen molar-refractivity contribution >= 4 is 43.1 Å². The molecule has 0 bridgehead atoms. The molecule has 0 atom stereocenters. The number of benzene rings is 3. The van der Waals surface area contributed by atoms with Gasteiger partial charge in [0, 0.05) is 22.3 Å². The molecule has 1 fully saturated rings. The first-order valence-corrected chi connectivity index (χ1v) is 14.8. The Morgan fingerprint density at radius 2 is 1.87 bits per heavy atom. The van der Waals surface area contributed by atoms with Gasteiger partial charge in [-0.05, 0) is 78.8 Å². The predicted molar refractivity (Wildman–Crippen MR) is 152 cm³/mol. The summed E-state index contributed by atoms with van der Waals surface area (Å²) in [5.74, 6) is 0. The highest BCUT2D eigenvalue weighted by Crippen LogP contribution is 2.39. The van der Waals surface area contributed by atoms with Gasteiger partial charge < -0.3 is 9.55 Å². The van der Waals surface area contributed by atoms with Crippen LogP contribution < -0.4 is 5.43 Å². The lowest BCUT2D eigenvalue weighted by Crippen LogP contribution is -2.15. The smallest absolute Gasteiger partial charge is 0.332 e. The zero-order valence-electron chi connectivity index (χ0n) is 21.6. The third kappa shape index (κ3) is 4.31. The fraction of sp³-hybridized carbons (Fsp3) is 0.290. The van der Waals surface area contributed by atoms with E-state index in [1.54, 1.807) is 24.3 Å². The number of hydrogen-bond acceptors (Lipinski definition) is 4. The number of H-pyrrole nitrogens is 1. The van der Waals surface area contributed by atoms with Crippen LogP contribution in [0.2, 0.25) is 0 Å². The van der Waals surface area contributed by atoms with Gasteiger partial charge in [0.25, 0.3) is 0 Å². The summed E-state index contributed by atoms with van der Waals surface area (Å²) in [6.45, 7) is 2.09. The number of aromatic nitrogens is 2. The lowest BCUT2D eigenvalue weighted by atomic mass is 9.93. The second kappa shape index (κ2) is 9.65. The number of nitriles is 1. The number of nitrogens with zero attached hydrogens (tertiary/aromatic N) is 2. The molecule has 6 nitrogen and oxygen atoms in total. The monoisotopic (exact) mass is 541 g/mol. The summed E-state index contributed by atoms with van der Waals surface area (Å²) in [5, 5.41) is 11.5. The van der Waals surface area contributed by atoms with Crippen molar-refractivity contribution in [2.24, 2.45) is 0 Å². The van der Waals surface area contributed by atoms with E-state index in [1.807, 2.05) is 18.2 Å². The van der Waals surface area contributed by atoms with Crippen LogP contribution in [0.1, 0.15) is 62.6 Å². The maximum absolute atomic E-state index is 14.1. The van der Waals surface area contributed by atoms with Crippen LogP contribution in [-0.4, -0.2) is 18.0 Å². The Morgan fingerprint density at radius 1 is 1.08 bits per heavy atom. The van der Waals surface area contributed by atoms with Crippen LogP contribution >= 0.6 is 0 Å². The summed E-state index contributed by atoms with van der Waals surface area (Å²) < 4.78 is 39.6. The van der Waals surface area contributed by atoms with Gasteiger partial charge in [-0.3, -0.25) is 4.79 Å². The summed E-state index contributed by atoms with van der Waals surface area (Å²) in [6.07, 6.45) is 6.69. The molecule has 2 aromatic heterocycles. The molecular weight excluding hydrogens is 513 g/mol. The van der Waals surface area contributed by atoms with E-state index >= 15 is 0 Å². The van der Waals surface area contributed by atoms with Gasteiger partial charge in [0.15, 0.2) is 5.43 Å². The van der Waals surface area contributed by atoms with Gasteiger partial charge in [-0.1, -0.05) is 44.4 Å². The van der Waals surface area contributed by atoms with Crippen molar-refractivity contribution in [1.29, 1.82) is 5.26 Å². The first kappa shape index (κ1) is 25.3. The van der Waals surface area contributed by atoms with E-state index in [0.29, 0.717) is 28.3 Å². The molecule has 0 radical (unpaired) electrons. The average Bonchev–Trinajstić information content (AvgIpc) is 3.59. The summed E-state index contributed by atoms with van der Waals surface area (Å²) in [7, 11) is -4.87. The minimum Gasteiger partial charge on any atom is -0.340 e. The highest BCUT2D eigenvalue weighted by Gasteiger charge is 2.25. The number of fused-ring (bicyclic) bond motifs is 4. The fourth-order valence-corrected chi connectivity index (χ4v) is 6.64. The van der Waals surface area contributed by atoms with Gasteiger partial charge in [-0.15, -0.1) is 3.89 Å². The normalized spacial score (nSPS) is 14.5. The van der Waals surface area contributed by atoms with Crippen LogP contribution in [-0.2, 0) is 16.6 Å². The lowest BCUT2D eigenvalue weighted by Gasteiger charge is -2.21. The average molecular weight is 542 g/mol. The molecule has 1 N–H and O–H groups in total. The third-order valence-electron chi connectivity index (χ3n) is 8.02. The van der Waals surface area contributed by atoms with E-state index in [0.717, 1.165) is 71.7 Å². The number of pyridine rings is 1. The highest BCUT2D eigenvalue weighted by molar-refractivity contribution is 7.86. The molecule has 1 aliphatic carbocycles. The van der Waals surface area contributed by atoms with E-state index in [-0.39, 0.29) is 16.4 Å². The molecule has 198 valence electrons. The molecule has 6 rings (SSSR count). The number of nitrogens with one attached hydrogen (secondary N) is 1. The van der Waals surface area contributed by atoms with E-state index in [1.165, 1.54) is 12.1 Å². The molecule has 2 heterocycles. The third-order valence-corrected chi connectivity index (χ3v) is 8.83. The van der Waals surface area contributed by atoms with Crippen LogP contribution in [0, 0.1) is 11.3 Å². The van der Waals surface area contributed by atoms with Gasteiger partial charge in [0.1, 0.15) is 5.65 Å². The van der Waals surface area contributed by atoms with Crippen molar-refractivity contribution < 1.29 is 12.3 Å². The number of rotatable bonds is 6. The Morgan fingerprint density at radius 3 is 2.59 bits per heavy atom. The maximum Gasteiger partial charge on any atom is 0.332 e. The Kier molecular flexibility index (Phi) is 6.27. The van der Waals surface area contributed by atoms with Gasteiger partial charge in [-0.25, -0.2) is 0 Å². The number of aryl methyl sites for hydroxylation is 1. The molecule has 8 heteroatoms. The number of hydrogen-bond donors (Lipinski definition) is 1. The second-order valence-corrected chi connectivity index (χ2v) is 11.8. The largest absolute Gasteiger partial charge is 0.340 e. The Bertz CT molecular complexity index is 1980. The van der Waals surface area contributed by atoms with E-state index in [9.17, 15) is 22.4 Å². The number of halogens is 1. The molecule has 1 saturated carbocycles. The number of aromatic amines is 1. The van der Waals surface area contributed by atoms with Crippen LogP contribution in [0.5, 0.6) is 0 Å². The summed E-state index contributed by atoms with van der Waals surface area (Å²) >= 11 is 0. The Balaban J connectivity index is 1.73. The van der Waals surface area contributed by atoms with E-state index in [4.69, 9.17) is 0 Å². The predicted octanol–water partition coefficient (Wildman–Crippen LogP) is 7.29. The van der Waals surface area contributed by atoms with Crippen molar-refractivity contribution in [1.82, 2.24) is 9.55 Å². The first-order valence-electron chi connectivity index (χ1n) is 13.4. The minimum absolute atomic E-state index is 0.0745. The highest BCUT2D eigenvalue weighted by atomic mass is 32.3. The standard InChI is InChI=1S/C31H28FN3O3S/c1-2-3-7-21-16-26-28(17-25(21)20-8-6-11-23(15-20)39(32,37)38)35(22-9-4-5-10-22)31-29(30(26)36)24-13-12-19(18-33)14-27(24)34-31/h6,8,11-17,22,34H,2-5,7,9-10H2,1H3. The molecular formula is C31H28FN3O3S. The Hall–Kier alpha value is -3.96. The van der Waals surface area contributed by atoms with E-state index in [2.05, 4.69) is 22.5 Å². The van der Waals surface area contributed by atoms with Crippen LogP contribution in [0.25, 0.3) is 44.0 Å². The van der Waals surface area contributed by atoms with Gasteiger partial charge in [-0.2, -0.15) is 13.7 Å². The Labute approximate surface area is 225 Å². The SMILES string of the molecule is CCCCc1cc2c(=O)c3c4ccc(C#N)cc4[nH]c3n(C3CCCC3)c2cc1-c1cccc(S(=O)(=O)F)c1. The van der Waals surface area contributed by atoms with Crippen molar-refractivity contribution in [3.63, 3.8) is 0 Å². The van der Waals surface area contributed by atoms with Crippen molar-refractivity contribution in [2.45, 2.75) is 62.8 Å². The molecule has 5 aromatic rings. The van der Waals surface area contributed by atoms with Crippen molar-refractivity contribution in [3.05, 3.63) is 75.9 Å². The molecule has 0 unspecified atom stereocenters. The molecule has 0 spiro atoms. The van der Waals surface area contributed by atoms with Crippen molar-refractivity contribution in [2.75, 3.05) is 0 Å². The molecule has 1 aliphatic rings. The van der Waals surface area contributed by atoms with Crippen LogP contribution in [0.3, 0.4) is 0 Å². The molecule has 0 aliphatic heterocycles. The molecule has 0 saturated heterocycles.